The van der Waals surface area contributed by atoms with E-state index in [2.05, 4.69) is 10.2 Å². The van der Waals surface area contributed by atoms with E-state index in [1.807, 2.05) is 32.0 Å². The summed E-state index contributed by atoms with van der Waals surface area (Å²) in [7, 11) is 1.62. The quantitative estimate of drug-likeness (QED) is 0.682. The first-order valence-electron chi connectivity index (χ1n) is 5.83. The first kappa shape index (κ1) is 13.6. The molecular weight excluding hydrogens is 262 g/mol. The number of aromatic amines is 1. The van der Waals surface area contributed by atoms with E-state index in [0.29, 0.717) is 5.16 Å². The van der Waals surface area contributed by atoms with E-state index in [-0.39, 0.29) is 17.2 Å². The zero-order chi connectivity index (χ0) is 14.0. The van der Waals surface area contributed by atoms with Gasteiger partial charge in [0.25, 0.3) is 0 Å². The summed E-state index contributed by atoms with van der Waals surface area (Å²) in [4.78, 5) is 23.4. The molecule has 2 rings (SSSR count). The molecule has 0 atom stereocenters. The van der Waals surface area contributed by atoms with Crippen LogP contribution in [0.1, 0.15) is 21.5 Å². The number of H-pyrrole nitrogens is 1. The molecule has 0 saturated carbocycles. The topological polar surface area (TPSA) is 67.8 Å². The SMILES string of the molecule is Cc1ccc(C)c(C(=O)CSc2n[nH]c(=O)n2C)c1. The fourth-order valence-electron chi connectivity index (χ4n) is 1.71. The van der Waals surface area contributed by atoms with Gasteiger partial charge < -0.3 is 0 Å². The van der Waals surface area contributed by atoms with Gasteiger partial charge in [0.1, 0.15) is 0 Å². The number of benzene rings is 1. The standard InChI is InChI=1S/C13H15N3O2S/c1-8-4-5-9(2)10(6-8)11(17)7-19-13-15-14-12(18)16(13)3/h4-6H,7H2,1-3H3,(H,14,18). The van der Waals surface area contributed by atoms with Gasteiger partial charge >= 0.3 is 5.69 Å². The number of hydrogen-bond donors (Lipinski definition) is 1. The minimum atomic E-state index is -0.276. The van der Waals surface area contributed by atoms with Gasteiger partial charge in [-0.05, 0) is 25.5 Å². The van der Waals surface area contributed by atoms with Gasteiger partial charge in [0.05, 0.1) is 5.75 Å². The van der Waals surface area contributed by atoms with Gasteiger partial charge in [-0.2, -0.15) is 0 Å². The average Bonchev–Trinajstić information content (AvgIpc) is 2.70. The monoisotopic (exact) mass is 277 g/mol. The second-order valence-electron chi connectivity index (χ2n) is 4.40. The van der Waals surface area contributed by atoms with Crippen LogP contribution in [0, 0.1) is 13.8 Å². The summed E-state index contributed by atoms with van der Waals surface area (Å²) >= 11 is 1.26. The van der Waals surface area contributed by atoms with E-state index in [1.54, 1.807) is 7.05 Å². The Hall–Kier alpha value is -1.82. The number of aromatic nitrogens is 3. The molecule has 0 saturated heterocycles. The summed E-state index contributed by atoms with van der Waals surface area (Å²) in [6.45, 7) is 3.88. The number of aryl methyl sites for hydroxylation is 2. The van der Waals surface area contributed by atoms with Crippen LogP contribution in [0.5, 0.6) is 0 Å². The lowest BCUT2D eigenvalue weighted by Gasteiger charge is -2.05. The molecule has 1 aromatic heterocycles. The second-order valence-corrected chi connectivity index (χ2v) is 5.34. The molecule has 5 nitrogen and oxygen atoms in total. The predicted octanol–water partition coefficient (Wildman–Crippen LogP) is 1.70. The van der Waals surface area contributed by atoms with Crippen LogP contribution in [0.3, 0.4) is 0 Å². The zero-order valence-electron chi connectivity index (χ0n) is 11.1. The number of nitrogens with one attached hydrogen (secondary N) is 1. The van der Waals surface area contributed by atoms with Crippen LogP contribution in [0.15, 0.2) is 28.2 Å². The van der Waals surface area contributed by atoms with Crippen molar-refractivity contribution in [2.24, 2.45) is 7.05 Å². The maximum absolute atomic E-state index is 12.2. The zero-order valence-corrected chi connectivity index (χ0v) is 11.9. The van der Waals surface area contributed by atoms with E-state index in [9.17, 15) is 9.59 Å². The van der Waals surface area contributed by atoms with E-state index in [1.165, 1.54) is 16.3 Å². The molecule has 0 aliphatic rings. The van der Waals surface area contributed by atoms with E-state index >= 15 is 0 Å². The lowest BCUT2D eigenvalue weighted by molar-refractivity contribution is 0.102. The Morgan fingerprint density at radius 3 is 2.79 bits per heavy atom. The van der Waals surface area contributed by atoms with Crippen molar-refractivity contribution in [2.75, 3.05) is 5.75 Å². The maximum Gasteiger partial charge on any atom is 0.343 e. The number of Topliss-reactive ketones (excluding diaryl/α,β-unsaturated/α-hetero) is 1. The number of carbonyl (C=O) groups is 1. The number of rotatable bonds is 4. The van der Waals surface area contributed by atoms with E-state index in [0.717, 1.165) is 16.7 Å². The molecule has 1 heterocycles. The molecular formula is C13H15N3O2S. The summed E-state index contributed by atoms with van der Waals surface area (Å²) in [6.07, 6.45) is 0. The molecule has 0 aliphatic carbocycles. The highest BCUT2D eigenvalue weighted by Crippen LogP contribution is 2.17. The van der Waals surface area contributed by atoms with E-state index < -0.39 is 0 Å². The minimum Gasteiger partial charge on any atom is -0.293 e. The Labute approximate surface area is 115 Å². The smallest absolute Gasteiger partial charge is 0.293 e. The summed E-state index contributed by atoms with van der Waals surface area (Å²) in [5.74, 6) is 0.309. The van der Waals surface area contributed by atoms with Crippen molar-refractivity contribution >= 4 is 17.5 Å². The van der Waals surface area contributed by atoms with Crippen molar-refractivity contribution in [3.63, 3.8) is 0 Å². The van der Waals surface area contributed by atoms with Crippen LogP contribution >= 0.6 is 11.8 Å². The molecule has 0 unspecified atom stereocenters. The molecule has 0 spiro atoms. The number of hydrogen-bond acceptors (Lipinski definition) is 4. The molecule has 19 heavy (non-hydrogen) atoms. The van der Waals surface area contributed by atoms with Gasteiger partial charge in [-0.1, -0.05) is 29.5 Å². The Balaban J connectivity index is 2.12. The van der Waals surface area contributed by atoms with Crippen LogP contribution in [0.25, 0.3) is 0 Å². The molecule has 0 bridgehead atoms. The van der Waals surface area contributed by atoms with Crippen LogP contribution < -0.4 is 5.69 Å². The first-order chi connectivity index (χ1) is 8.99. The van der Waals surface area contributed by atoms with Crippen LogP contribution in [-0.2, 0) is 7.05 Å². The highest BCUT2D eigenvalue weighted by atomic mass is 32.2. The summed E-state index contributed by atoms with van der Waals surface area (Å²) in [6, 6.07) is 5.82. The summed E-state index contributed by atoms with van der Waals surface area (Å²) in [5, 5.41) is 6.72. The Kier molecular flexibility index (Phi) is 3.90. The third-order valence-electron chi connectivity index (χ3n) is 2.86. The molecule has 2 aromatic rings. The summed E-state index contributed by atoms with van der Waals surface area (Å²) < 4.78 is 1.39. The molecule has 1 aromatic carbocycles. The van der Waals surface area contributed by atoms with E-state index in [4.69, 9.17) is 0 Å². The van der Waals surface area contributed by atoms with Crippen molar-refractivity contribution in [1.82, 2.24) is 14.8 Å². The van der Waals surface area contributed by atoms with Gasteiger partial charge in [-0.15, -0.1) is 5.10 Å². The normalized spacial score (nSPS) is 10.7. The van der Waals surface area contributed by atoms with Gasteiger partial charge in [-0.3, -0.25) is 9.36 Å². The summed E-state index contributed by atoms with van der Waals surface area (Å²) in [5.41, 5.74) is 2.48. The van der Waals surface area contributed by atoms with Crippen LogP contribution in [-0.4, -0.2) is 26.3 Å². The van der Waals surface area contributed by atoms with Gasteiger partial charge in [0, 0.05) is 12.6 Å². The average molecular weight is 277 g/mol. The largest absolute Gasteiger partial charge is 0.343 e. The van der Waals surface area contributed by atoms with Crippen molar-refractivity contribution in [2.45, 2.75) is 19.0 Å². The molecule has 0 amide bonds. The molecule has 0 fully saturated rings. The van der Waals surface area contributed by atoms with Crippen LogP contribution in [0.2, 0.25) is 0 Å². The number of thioether (sulfide) groups is 1. The minimum absolute atomic E-state index is 0.0432. The molecule has 1 N–H and O–H groups in total. The maximum atomic E-state index is 12.2. The molecule has 100 valence electrons. The van der Waals surface area contributed by atoms with Gasteiger partial charge in [0.2, 0.25) is 0 Å². The third kappa shape index (κ3) is 2.96. The lowest BCUT2D eigenvalue weighted by Crippen LogP contribution is -2.13. The highest BCUT2D eigenvalue weighted by Gasteiger charge is 2.12. The lowest BCUT2D eigenvalue weighted by atomic mass is 10.0. The van der Waals surface area contributed by atoms with Crippen molar-refractivity contribution in [1.29, 1.82) is 0 Å². The first-order valence-corrected chi connectivity index (χ1v) is 6.82. The Morgan fingerprint density at radius 1 is 1.42 bits per heavy atom. The fraction of sp³-hybridized carbons (Fsp3) is 0.308. The molecule has 0 radical (unpaired) electrons. The van der Waals surface area contributed by atoms with Crippen molar-refractivity contribution in [3.8, 4) is 0 Å². The Morgan fingerprint density at radius 2 is 2.16 bits per heavy atom. The molecule has 6 heteroatoms. The number of ketones is 1. The number of nitrogens with zero attached hydrogens (tertiary/aromatic N) is 2. The Bertz CT molecular complexity index is 673. The fourth-order valence-corrected chi connectivity index (χ4v) is 2.51. The van der Waals surface area contributed by atoms with Gasteiger partial charge in [-0.25, -0.2) is 9.89 Å². The number of carbonyl (C=O) groups excluding carboxylic acids is 1. The van der Waals surface area contributed by atoms with Crippen LogP contribution in [0.4, 0.5) is 0 Å². The molecule has 0 aliphatic heterocycles. The van der Waals surface area contributed by atoms with Crippen molar-refractivity contribution in [3.05, 3.63) is 45.4 Å². The second kappa shape index (κ2) is 5.44. The third-order valence-corrected chi connectivity index (χ3v) is 3.89. The highest BCUT2D eigenvalue weighted by molar-refractivity contribution is 7.99. The predicted molar refractivity (Wildman–Crippen MR) is 74.8 cm³/mol. The van der Waals surface area contributed by atoms with Gasteiger partial charge in [0.15, 0.2) is 10.9 Å². The van der Waals surface area contributed by atoms with Crippen molar-refractivity contribution < 1.29 is 4.79 Å².